The van der Waals surface area contributed by atoms with E-state index < -0.39 is 0 Å². The Balaban J connectivity index is 2.14. The van der Waals surface area contributed by atoms with Crippen LogP contribution in [0.1, 0.15) is 34.1 Å². The molecular weight excluding hydrogens is 222 g/mol. The van der Waals surface area contributed by atoms with Crippen LogP contribution in [-0.2, 0) is 12.8 Å². The summed E-state index contributed by atoms with van der Waals surface area (Å²) >= 11 is 0. The molecule has 0 atom stereocenters. The van der Waals surface area contributed by atoms with Crippen LogP contribution >= 0.6 is 0 Å². The van der Waals surface area contributed by atoms with Gasteiger partial charge in [0.1, 0.15) is 0 Å². The summed E-state index contributed by atoms with van der Waals surface area (Å²) in [7, 11) is 0. The van der Waals surface area contributed by atoms with Gasteiger partial charge in [-0.2, -0.15) is 0 Å². The number of benzene rings is 1. The van der Waals surface area contributed by atoms with Crippen molar-refractivity contribution < 1.29 is 4.79 Å². The summed E-state index contributed by atoms with van der Waals surface area (Å²) in [6.45, 7) is 4.05. The maximum Gasteiger partial charge on any atom is 0.169 e. The number of aromatic nitrogens is 1. The lowest BCUT2D eigenvalue weighted by Gasteiger charge is -2.04. The zero-order valence-electron chi connectivity index (χ0n) is 10.8. The Morgan fingerprint density at radius 1 is 1.17 bits per heavy atom. The van der Waals surface area contributed by atoms with Crippen LogP contribution in [0, 0.1) is 6.92 Å². The van der Waals surface area contributed by atoms with E-state index in [2.05, 4.69) is 11.9 Å². The fourth-order valence-electron chi connectivity index (χ4n) is 1.91. The molecule has 0 bridgehead atoms. The van der Waals surface area contributed by atoms with E-state index in [-0.39, 0.29) is 5.78 Å². The molecule has 0 spiro atoms. The molecule has 1 aromatic carbocycles. The van der Waals surface area contributed by atoms with Crippen LogP contribution in [0.4, 0.5) is 0 Å². The van der Waals surface area contributed by atoms with Gasteiger partial charge in [-0.3, -0.25) is 9.78 Å². The highest BCUT2D eigenvalue weighted by Crippen LogP contribution is 2.11. The second-order valence-corrected chi connectivity index (χ2v) is 4.43. The lowest BCUT2D eigenvalue weighted by molar-refractivity contribution is 0.0991. The Bertz CT molecular complexity index is 543. The molecule has 18 heavy (non-hydrogen) atoms. The number of Topliss-reactive ketones (excluding diaryl/α,β-unsaturated/α-hetero) is 1. The summed E-state index contributed by atoms with van der Waals surface area (Å²) in [5, 5.41) is 0. The topological polar surface area (TPSA) is 30.0 Å². The summed E-state index contributed by atoms with van der Waals surface area (Å²) in [5.41, 5.74) is 3.84. The first-order valence-corrected chi connectivity index (χ1v) is 6.23. The van der Waals surface area contributed by atoms with Gasteiger partial charge in [0.05, 0.1) is 6.42 Å². The number of hydrogen-bond acceptors (Lipinski definition) is 2. The minimum absolute atomic E-state index is 0.129. The van der Waals surface area contributed by atoms with Crippen LogP contribution in [0.15, 0.2) is 42.6 Å². The molecule has 2 heteroatoms. The zero-order valence-corrected chi connectivity index (χ0v) is 10.8. The molecule has 92 valence electrons. The van der Waals surface area contributed by atoms with E-state index in [0.717, 1.165) is 23.2 Å². The van der Waals surface area contributed by atoms with Crippen molar-refractivity contribution in [3.05, 3.63) is 65.0 Å². The smallest absolute Gasteiger partial charge is 0.169 e. The molecule has 0 aliphatic heterocycles. The molecule has 0 aliphatic carbocycles. The Hall–Kier alpha value is -1.96. The third-order valence-corrected chi connectivity index (χ3v) is 3.08. The Morgan fingerprint density at radius 3 is 2.56 bits per heavy atom. The molecule has 0 saturated heterocycles. The minimum Gasteiger partial charge on any atom is -0.294 e. The molecular formula is C16H17NO. The van der Waals surface area contributed by atoms with E-state index in [4.69, 9.17) is 0 Å². The SMILES string of the molecule is CCc1ccc(CC(=O)c2ccccc2C)nc1. The maximum atomic E-state index is 12.1. The van der Waals surface area contributed by atoms with Crippen LogP contribution in [0.5, 0.6) is 0 Å². The summed E-state index contributed by atoms with van der Waals surface area (Å²) in [4.78, 5) is 16.5. The number of nitrogens with zero attached hydrogens (tertiary/aromatic N) is 1. The van der Waals surface area contributed by atoms with Gasteiger partial charge in [-0.15, -0.1) is 0 Å². The Kier molecular flexibility index (Phi) is 3.88. The predicted molar refractivity (Wildman–Crippen MR) is 72.8 cm³/mol. The largest absolute Gasteiger partial charge is 0.294 e. The van der Waals surface area contributed by atoms with Crippen molar-refractivity contribution in [2.24, 2.45) is 0 Å². The van der Waals surface area contributed by atoms with E-state index in [9.17, 15) is 4.79 Å². The Labute approximate surface area is 108 Å². The number of carbonyl (C=O) groups is 1. The lowest BCUT2D eigenvalue weighted by atomic mass is 10.0. The fourth-order valence-corrected chi connectivity index (χ4v) is 1.91. The number of hydrogen-bond donors (Lipinski definition) is 0. The van der Waals surface area contributed by atoms with Gasteiger partial charge in [0.2, 0.25) is 0 Å². The second kappa shape index (κ2) is 5.58. The third-order valence-electron chi connectivity index (χ3n) is 3.08. The van der Waals surface area contributed by atoms with Crippen LogP contribution in [-0.4, -0.2) is 10.8 Å². The highest BCUT2D eigenvalue weighted by Gasteiger charge is 2.09. The van der Waals surface area contributed by atoms with Gasteiger partial charge in [-0.25, -0.2) is 0 Å². The number of aryl methyl sites for hydroxylation is 2. The van der Waals surface area contributed by atoms with Crippen molar-refractivity contribution in [2.75, 3.05) is 0 Å². The Morgan fingerprint density at radius 2 is 1.94 bits per heavy atom. The molecule has 1 aromatic heterocycles. The molecule has 0 amide bonds. The van der Waals surface area contributed by atoms with Gasteiger partial charge in [-0.1, -0.05) is 37.3 Å². The summed E-state index contributed by atoms with van der Waals surface area (Å²) in [6.07, 6.45) is 3.19. The normalized spacial score (nSPS) is 10.3. The quantitative estimate of drug-likeness (QED) is 0.766. The number of pyridine rings is 1. The molecule has 1 heterocycles. The molecule has 2 rings (SSSR count). The van der Waals surface area contributed by atoms with E-state index in [0.29, 0.717) is 6.42 Å². The molecule has 0 saturated carbocycles. The second-order valence-electron chi connectivity index (χ2n) is 4.43. The average Bonchev–Trinajstić information content (AvgIpc) is 2.40. The highest BCUT2D eigenvalue weighted by molar-refractivity contribution is 5.98. The summed E-state index contributed by atoms with van der Waals surface area (Å²) in [5.74, 6) is 0.129. The molecule has 0 radical (unpaired) electrons. The molecule has 2 aromatic rings. The van der Waals surface area contributed by atoms with E-state index in [1.807, 2.05) is 49.5 Å². The summed E-state index contributed by atoms with van der Waals surface area (Å²) < 4.78 is 0. The number of ketones is 1. The molecule has 0 aliphatic rings. The van der Waals surface area contributed by atoms with Crippen molar-refractivity contribution in [3.8, 4) is 0 Å². The average molecular weight is 239 g/mol. The summed E-state index contributed by atoms with van der Waals surface area (Å²) in [6, 6.07) is 11.6. The molecule has 2 nitrogen and oxygen atoms in total. The predicted octanol–water partition coefficient (Wildman–Crippen LogP) is 3.38. The van der Waals surface area contributed by atoms with Crippen molar-refractivity contribution in [2.45, 2.75) is 26.7 Å². The first kappa shape index (κ1) is 12.5. The van der Waals surface area contributed by atoms with Gasteiger partial charge in [0.15, 0.2) is 5.78 Å². The van der Waals surface area contributed by atoms with Gasteiger partial charge >= 0.3 is 0 Å². The highest BCUT2D eigenvalue weighted by atomic mass is 16.1. The third kappa shape index (κ3) is 2.83. The number of carbonyl (C=O) groups excluding carboxylic acids is 1. The standard InChI is InChI=1S/C16H17NO/c1-3-13-8-9-14(17-11-13)10-16(18)15-7-5-4-6-12(15)2/h4-9,11H,3,10H2,1-2H3. The van der Waals surface area contributed by atoms with Crippen LogP contribution in [0.2, 0.25) is 0 Å². The minimum atomic E-state index is 0.129. The fraction of sp³-hybridized carbons (Fsp3) is 0.250. The van der Waals surface area contributed by atoms with E-state index >= 15 is 0 Å². The number of rotatable bonds is 4. The monoisotopic (exact) mass is 239 g/mol. The van der Waals surface area contributed by atoms with Crippen LogP contribution in [0.25, 0.3) is 0 Å². The maximum absolute atomic E-state index is 12.1. The van der Waals surface area contributed by atoms with Gasteiger partial charge in [0.25, 0.3) is 0 Å². The zero-order chi connectivity index (χ0) is 13.0. The van der Waals surface area contributed by atoms with Crippen LogP contribution in [0.3, 0.4) is 0 Å². The first-order valence-electron chi connectivity index (χ1n) is 6.23. The first-order chi connectivity index (χ1) is 8.70. The van der Waals surface area contributed by atoms with Crippen molar-refractivity contribution in [3.63, 3.8) is 0 Å². The van der Waals surface area contributed by atoms with E-state index in [1.165, 1.54) is 5.56 Å². The van der Waals surface area contributed by atoms with Gasteiger partial charge < -0.3 is 0 Å². The van der Waals surface area contributed by atoms with Gasteiger partial charge in [-0.05, 0) is 30.5 Å². The lowest BCUT2D eigenvalue weighted by Crippen LogP contribution is -2.06. The van der Waals surface area contributed by atoms with Crippen LogP contribution < -0.4 is 0 Å². The van der Waals surface area contributed by atoms with Crippen molar-refractivity contribution >= 4 is 5.78 Å². The van der Waals surface area contributed by atoms with Crippen molar-refractivity contribution in [1.82, 2.24) is 4.98 Å². The molecule has 0 unspecified atom stereocenters. The molecule has 0 fully saturated rings. The van der Waals surface area contributed by atoms with Crippen molar-refractivity contribution in [1.29, 1.82) is 0 Å². The van der Waals surface area contributed by atoms with E-state index in [1.54, 1.807) is 0 Å². The van der Waals surface area contributed by atoms with Gasteiger partial charge in [0, 0.05) is 17.5 Å². The molecule has 0 N–H and O–H groups in total.